The monoisotopic (exact) mass is 367 g/mol. The number of hydrogen-bond donors (Lipinski definition) is 1. The van der Waals surface area contributed by atoms with Gasteiger partial charge in [0.2, 0.25) is 5.91 Å². The summed E-state index contributed by atoms with van der Waals surface area (Å²) in [5.41, 5.74) is 4.04. The second kappa shape index (κ2) is 7.09. The Morgan fingerprint density at radius 1 is 1.23 bits per heavy atom. The molecule has 22 heavy (non-hydrogen) atoms. The van der Waals surface area contributed by atoms with Crippen LogP contribution in [0.5, 0.6) is 0 Å². The highest BCUT2D eigenvalue weighted by molar-refractivity contribution is 9.10. The number of nitrogens with one attached hydrogen (secondary N) is 1. The molecule has 120 valence electrons. The molecular formula is C15H22BrN5O. The van der Waals surface area contributed by atoms with Crippen molar-refractivity contribution in [1.82, 2.24) is 24.9 Å². The molecule has 0 aliphatic rings. The van der Waals surface area contributed by atoms with Gasteiger partial charge in [-0.25, -0.2) is 0 Å². The van der Waals surface area contributed by atoms with Gasteiger partial charge in [-0.05, 0) is 56.1 Å². The van der Waals surface area contributed by atoms with Crippen molar-refractivity contribution in [3.8, 4) is 0 Å². The molecule has 0 saturated carbocycles. The van der Waals surface area contributed by atoms with Gasteiger partial charge >= 0.3 is 0 Å². The van der Waals surface area contributed by atoms with E-state index in [4.69, 9.17) is 0 Å². The van der Waals surface area contributed by atoms with Gasteiger partial charge < -0.3 is 5.32 Å². The van der Waals surface area contributed by atoms with Crippen LogP contribution in [0.3, 0.4) is 0 Å². The van der Waals surface area contributed by atoms with Crippen LogP contribution in [0, 0.1) is 27.7 Å². The maximum Gasteiger partial charge on any atom is 0.241 e. The largest absolute Gasteiger partial charge is 0.354 e. The number of carbonyl (C=O) groups excluding carboxylic acids is 1. The van der Waals surface area contributed by atoms with Gasteiger partial charge in [-0.1, -0.05) is 0 Å². The number of nitrogens with zero attached hydrogens (tertiary/aromatic N) is 4. The predicted molar refractivity (Wildman–Crippen MR) is 88.7 cm³/mol. The molecule has 1 amide bonds. The first-order valence-electron chi connectivity index (χ1n) is 7.35. The van der Waals surface area contributed by atoms with E-state index in [1.807, 2.05) is 38.4 Å². The lowest BCUT2D eigenvalue weighted by atomic mass is 10.3. The summed E-state index contributed by atoms with van der Waals surface area (Å²) in [6, 6.07) is 1.97. The second-order valence-corrected chi connectivity index (χ2v) is 6.29. The molecule has 0 saturated heterocycles. The third kappa shape index (κ3) is 3.97. The molecule has 1 N–H and O–H groups in total. The van der Waals surface area contributed by atoms with Crippen molar-refractivity contribution in [3.05, 3.63) is 33.3 Å². The summed E-state index contributed by atoms with van der Waals surface area (Å²) in [7, 11) is 0. The number of aromatic nitrogens is 4. The molecular weight excluding hydrogens is 346 g/mol. The molecule has 2 aromatic rings. The lowest BCUT2D eigenvalue weighted by molar-refractivity contribution is -0.121. The summed E-state index contributed by atoms with van der Waals surface area (Å²) >= 11 is 3.52. The molecule has 0 fully saturated rings. The standard InChI is InChI=1S/C15H22BrN5O/c1-10-8-11(2)21(18-10)9-14(22)17-6-5-7-20-13(4)15(16)12(3)19-20/h8H,5-7,9H2,1-4H3,(H,17,22). The van der Waals surface area contributed by atoms with Crippen molar-refractivity contribution in [2.75, 3.05) is 6.54 Å². The van der Waals surface area contributed by atoms with E-state index >= 15 is 0 Å². The summed E-state index contributed by atoms with van der Waals surface area (Å²) in [4.78, 5) is 11.9. The SMILES string of the molecule is Cc1cc(C)n(CC(=O)NCCCn2nc(C)c(Br)c2C)n1. The lowest BCUT2D eigenvalue weighted by Gasteiger charge is -2.08. The first-order valence-corrected chi connectivity index (χ1v) is 8.15. The van der Waals surface area contributed by atoms with E-state index in [0.717, 1.165) is 40.2 Å². The Morgan fingerprint density at radius 3 is 2.50 bits per heavy atom. The van der Waals surface area contributed by atoms with Gasteiger partial charge in [0.05, 0.1) is 15.9 Å². The number of halogens is 1. The fourth-order valence-electron chi connectivity index (χ4n) is 2.38. The van der Waals surface area contributed by atoms with Crippen LogP contribution < -0.4 is 5.32 Å². The second-order valence-electron chi connectivity index (χ2n) is 5.50. The summed E-state index contributed by atoms with van der Waals surface area (Å²) in [6.07, 6.45) is 0.845. The molecule has 2 rings (SSSR count). The zero-order chi connectivity index (χ0) is 16.3. The summed E-state index contributed by atoms with van der Waals surface area (Å²) in [6.45, 7) is 9.58. The van der Waals surface area contributed by atoms with Crippen LogP contribution in [0.1, 0.15) is 29.2 Å². The summed E-state index contributed by atoms with van der Waals surface area (Å²) < 4.78 is 4.75. The average Bonchev–Trinajstić information content (AvgIpc) is 2.89. The zero-order valence-corrected chi connectivity index (χ0v) is 15.1. The summed E-state index contributed by atoms with van der Waals surface area (Å²) in [5.74, 6) is -0.0132. The van der Waals surface area contributed by atoms with Gasteiger partial charge in [-0.3, -0.25) is 14.2 Å². The lowest BCUT2D eigenvalue weighted by Crippen LogP contribution is -2.29. The Labute approximate surface area is 139 Å². The van der Waals surface area contributed by atoms with Gasteiger partial charge in [0, 0.05) is 24.5 Å². The van der Waals surface area contributed by atoms with Crippen LogP contribution in [-0.4, -0.2) is 32.0 Å². The molecule has 0 unspecified atom stereocenters. The summed E-state index contributed by atoms with van der Waals surface area (Å²) in [5, 5.41) is 11.7. The van der Waals surface area contributed by atoms with E-state index < -0.39 is 0 Å². The van der Waals surface area contributed by atoms with Gasteiger partial charge in [0.25, 0.3) is 0 Å². The molecule has 0 aliphatic carbocycles. The predicted octanol–water partition coefficient (Wildman–Crippen LogP) is 2.28. The van der Waals surface area contributed by atoms with Gasteiger partial charge in [-0.2, -0.15) is 10.2 Å². The molecule has 6 nitrogen and oxygen atoms in total. The van der Waals surface area contributed by atoms with E-state index in [0.29, 0.717) is 6.54 Å². The third-order valence-electron chi connectivity index (χ3n) is 3.56. The Hall–Kier alpha value is -1.63. The molecule has 0 radical (unpaired) electrons. The van der Waals surface area contributed by atoms with Crippen LogP contribution in [0.25, 0.3) is 0 Å². The fraction of sp³-hybridized carbons (Fsp3) is 0.533. The Morgan fingerprint density at radius 2 is 1.95 bits per heavy atom. The average molecular weight is 368 g/mol. The number of aryl methyl sites for hydroxylation is 4. The number of carbonyl (C=O) groups is 1. The maximum atomic E-state index is 11.9. The topological polar surface area (TPSA) is 64.7 Å². The Kier molecular flexibility index (Phi) is 5.39. The molecule has 0 atom stereocenters. The van der Waals surface area contributed by atoms with E-state index in [1.165, 1.54) is 0 Å². The van der Waals surface area contributed by atoms with E-state index in [-0.39, 0.29) is 12.5 Å². The maximum absolute atomic E-state index is 11.9. The number of hydrogen-bond acceptors (Lipinski definition) is 3. The molecule has 0 bridgehead atoms. The minimum Gasteiger partial charge on any atom is -0.354 e. The van der Waals surface area contributed by atoms with Crippen LogP contribution in [0.15, 0.2) is 10.5 Å². The van der Waals surface area contributed by atoms with Gasteiger partial charge in [0.1, 0.15) is 6.54 Å². The van der Waals surface area contributed by atoms with Crippen molar-refractivity contribution in [2.45, 2.75) is 47.2 Å². The van der Waals surface area contributed by atoms with Crippen molar-refractivity contribution in [2.24, 2.45) is 0 Å². The van der Waals surface area contributed by atoms with E-state index in [1.54, 1.807) is 4.68 Å². The molecule has 7 heteroatoms. The van der Waals surface area contributed by atoms with Crippen molar-refractivity contribution in [1.29, 1.82) is 0 Å². The Bertz CT molecular complexity index is 674. The van der Waals surface area contributed by atoms with Gasteiger partial charge in [0.15, 0.2) is 0 Å². The molecule has 0 aliphatic heterocycles. The quantitative estimate of drug-likeness (QED) is 0.796. The number of rotatable bonds is 6. The normalized spacial score (nSPS) is 11.0. The third-order valence-corrected chi connectivity index (χ3v) is 4.71. The highest BCUT2D eigenvalue weighted by Gasteiger charge is 2.09. The smallest absolute Gasteiger partial charge is 0.241 e. The van der Waals surface area contributed by atoms with Crippen molar-refractivity contribution < 1.29 is 4.79 Å². The van der Waals surface area contributed by atoms with Crippen molar-refractivity contribution in [3.63, 3.8) is 0 Å². The van der Waals surface area contributed by atoms with Gasteiger partial charge in [-0.15, -0.1) is 0 Å². The minimum absolute atomic E-state index is 0.0132. The van der Waals surface area contributed by atoms with Crippen LogP contribution in [-0.2, 0) is 17.9 Å². The van der Waals surface area contributed by atoms with Crippen molar-refractivity contribution >= 4 is 21.8 Å². The Balaban J connectivity index is 1.75. The molecule has 2 heterocycles. The van der Waals surface area contributed by atoms with Crippen LogP contribution in [0.4, 0.5) is 0 Å². The van der Waals surface area contributed by atoms with E-state index in [9.17, 15) is 4.79 Å². The molecule has 0 aromatic carbocycles. The van der Waals surface area contributed by atoms with Crippen LogP contribution in [0.2, 0.25) is 0 Å². The highest BCUT2D eigenvalue weighted by atomic mass is 79.9. The first-order chi connectivity index (χ1) is 10.4. The fourth-order valence-corrected chi connectivity index (χ4v) is 2.66. The minimum atomic E-state index is -0.0132. The molecule has 2 aromatic heterocycles. The zero-order valence-electron chi connectivity index (χ0n) is 13.5. The molecule has 0 spiro atoms. The highest BCUT2D eigenvalue weighted by Crippen LogP contribution is 2.19. The van der Waals surface area contributed by atoms with Crippen LogP contribution >= 0.6 is 15.9 Å². The van der Waals surface area contributed by atoms with E-state index in [2.05, 4.69) is 31.4 Å². The first kappa shape index (κ1) is 16.7. The number of amides is 1.